The number of hydrogen-bond acceptors (Lipinski definition) is 2. The number of rotatable bonds is 4. The van der Waals surface area contributed by atoms with Crippen LogP contribution in [0.15, 0.2) is 60.7 Å². The van der Waals surface area contributed by atoms with Gasteiger partial charge in [0.1, 0.15) is 0 Å². The summed E-state index contributed by atoms with van der Waals surface area (Å²) in [6, 6.07) is 20.8. The number of fused-ring (bicyclic) bond motifs is 3. The summed E-state index contributed by atoms with van der Waals surface area (Å²) in [6.45, 7) is 4.45. The molecule has 3 aromatic rings. The maximum Gasteiger partial charge on any atom is 0.181 e. The number of anilines is 1. The quantitative estimate of drug-likeness (QED) is 0.524. The van der Waals surface area contributed by atoms with Gasteiger partial charge in [-0.2, -0.15) is 0 Å². The van der Waals surface area contributed by atoms with E-state index in [-0.39, 0.29) is 5.78 Å². The van der Waals surface area contributed by atoms with Crippen molar-refractivity contribution in [2.45, 2.75) is 20.3 Å². The Kier molecular flexibility index (Phi) is 3.89. The Balaban J connectivity index is 1.51. The summed E-state index contributed by atoms with van der Waals surface area (Å²) in [7, 11) is 0. The van der Waals surface area contributed by atoms with Crippen LogP contribution in [0.5, 0.6) is 0 Å². The van der Waals surface area contributed by atoms with Crippen molar-refractivity contribution in [3.05, 3.63) is 88.5 Å². The maximum absolute atomic E-state index is 12.6. The minimum Gasteiger partial charge on any atom is -0.378 e. The number of hydrogen-bond donors (Lipinski definition) is 1. The van der Waals surface area contributed by atoms with E-state index in [1.165, 1.54) is 33.4 Å². The highest BCUT2D eigenvalue weighted by Crippen LogP contribution is 2.36. The molecule has 2 nitrogen and oxygen atoms in total. The molecule has 0 spiro atoms. The fourth-order valence-corrected chi connectivity index (χ4v) is 3.68. The number of carbonyl (C=O) groups is 1. The minimum atomic E-state index is 0.123. The van der Waals surface area contributed by atoms with Crippen LogP contribution in [0.4, 0.5) is 5.69 Å². The number of carbonyl (C=O) groups excluding carboxylic acids is 1. The Labute approximate surface area is 148 Å². The molecule has 0 heterocycles. The van der Waals surface area contributed by atoms with E-state index < -0.39 is 0 Å². The molecule has 4 rings (SSSR count). The van der Waals surface area contributed by atoms with Crippen molar-refractivity contribution < 1.29 is 4.79 Å². The van der Waals surface area contributed by atoms with Gasteiger partial charge in [-0.15, -0.1) is 0 Å². The predicted octanol–water partition coefficient (Wildman–Crippen LogP) is 5.17. The van der Waals surface area contributed by atoms with Crippen molar-refractivity contribution in [1.29, 1.82) is 0 Å². The number of aryl methyl sites for hydroxylation is 2. The molecule has 0 amide bonds. The Morgan fingerprint density at radius 3 is 2.40 bits per heavy atom. The standard InChI is InChI=1S/C23H21NO/c1-15-9-16(2)11-20(10-15)24-14-23(25)18-7-8-22-19(13-18)12-17-5-3-4-6-21(17)22/h3-11,13,24H,12,14H2,1-2H3. The number of benzene rings is 3. The van der Waals surface area contributed by atoms with Gasteiger partial charge in [0.2, 0.25) is 0 Å². The van der Waals surface area contributed by atoms with Crippen LogP contribution in [0.2, 0.25) is 0 Å². The second kappa shape index (κ2) is 6.21. The van der Waals surface area contributed by atoms with Crippen LogP contribution < -0.4 is 5.32 Å². The lowest BCUT2D eigenvalue weighted by atomic mass is 10.0. The third kappa shape index (κ3) is 3.08. The van der Waals surface area contributed by atoms with Crippen LogP contribution in [0.3, 0.4) is 0 Å². The van der Waals surface area contributed by atoms with Crippen LogP contribution in [-0.4, -0.2) is 12.3 Å². The molecule has 0 bridgehead atoms. The summed E-state index contributed by atoms with van der Waals surface area (Å²) in [5.41, 5.74) is 9.33. The molecule has 0 saturated carbocycles. The van der Waals surface area contributed by atoms with Crippen molar-refractivity contribution in [3.63, 3.8) is 0 Å². The van der Waals surface area contributed by atoms with Crippen molar-refractivity contribution in [2.24, 2.45) is 0 Å². The number of ketones is 1. The summed E-state index contributed by atoms with van der Waals surface area (Å²) in [5, 5.41) is 3.26. The molecule has 1 aliphatic rings. The summed E-state index contributed by atoms with van der Waals surface area (Å²) in [4.78, 5) is 12.6. The van der Waals surface area contributed by atoms with Gasteiger partial charge in [-0.1, -0.05) is 42.5 Å². The van der Waals surface area contributed by atoms with Crippen LogP contribution in [0.1, 0.15) is 32.6 Å². The van der Waals surface area contributed by atoms with Crippen LogP contribution in [0.25, 0.3) is 11.1 Å². The van der Waals surface area contributed by atoms with Gasteiger partial charge in [0.25, 0.3) is 0 Å². The topological polar surface area (TPSA) is 29.1 Å². The Morgan fingerprint density at radius 2 is 1.60 bits per heavy atom. The molecule has 3 aromatic carbocycles. The molecule has 2 heteroatoms. The fourth-order valence-electron chi connectivity index (χ4n) is 3.68. The monoisotopic (exact) mass is 327 g/mol. The first kappa shape index (κ1) is 15.6. The van der Waals surface area contributed by atoms with Gasteiger partial charge in [0, 0.05) is 11.3 Å². The van der Waals surface area contributed by atoms with Crippen LogP contribution in [0, 0.1) is 13.8 Å². The lowest BCUT2D eigenvalue weighted by Crippen LogP contribution is -2.14. The third-order valence-electron chi connectivity index (χ3n) is 4.79. The van der Waals surface area contributed by atoms with E-state index in [2.05, 4.69) is 73.8 Å². The Morgan fingerprint density at radius 1 is 0.880 bits per heavy atom. The molecule has 25 heavy (non-hydrogen) atoms. The van der Waals surface area contributed by atoms with Gasteiger partial charge in [0.05, 0.1) is 6.54 Å². The molecule has 0 fully saturated rings. The lowest BCUT2D eigenvalue weighted by molar-refractivity contribution is 0.101. The molecule has 0 radical (unpaired) electrons. The van der Waals surface area contributed by atoms with Crippen LogP contribution >= 0.6 is 0 Å². The first-order chi connectivity index (χ1) is 12.1. The molecule has 0 atom stereocenters. The van der Waals surface area contributed by atoms with E-state index in [4.69, 9.17) is 0 Å². The zero-order chi connectivity index (χ0) is 17.4. The smallest absolute Gasteiger partial charge is 0.181 e. The summed E-state index contributed by atoms with van der Waals surface area (Å²) in [6.07, 6.45) is 0.914. The van der Waals surface area contributed by atoms with E-state index in [9.17, 15) is 4.79 Å². The largest absolute Gasteiger partial charge is 0.378 e. The highest BCUT2D eigenvalue weighted by Gasteiger charge is 2.19. The SMILES string of the molecule is Cc1cc(C)cc(NCC(=O)c2ccc3c(c2)Cc2ccccc2-3)c1. The second-order valence-electron chi connectivity index (χ2n) is 6.86. The first-order valence-electron chi connectivity index (χ1n) is 8.67. The highest BCUT2D eigenvalue weighted by molar-refractivity contribution is 6.00. The average Bonchev–Trinajstić information content (AvgIpc) is 2.96. The van der Waals surface area contributed by atoms with E-state index in [0.717, 1.165) is 17.7 Å². The molecular weight excluding hydrogens is 306 g/mol. The van der Waals surface area contributed by atoms with Gasteiger partial charge in [-0.25, -0.2) is 0 Å². The van der Waals surface area contributed by atoms with E-state index >= 15 is 0 Å². The number of nitrogens with one attached hydrogen (secondary N) is 1. The van der Waals surface area contributed by atoms with Crippen LogP contribution in [-0.2, 0) is 6.42 Å². The number of Topliss-reactive ketones (excluding diaryl/α,β-unsaturated/α-hetero) is 1. The summed E-state index contributed by atoms with van der Waals surface area (Å²) < 4.78 is 0. The normalized spacial score (nSPS) is 11.8. The molecule has 124 valence electrons. The van der Waals surface area contributed by atoms with E-state index in [0.29, 0.717) is 6.54 Å². The highest BCUT2D eigenvalue weighted by atomic mass is 16.1. The molecular formula is C23H21NO. The molecule has 0 aliphatic heterocycles. The minimum absolute atomic E-state index is 0.123. The average molecular weight is 327 g/mol. The predicted molar refractivity (Wildman–Crippen MR) is 103 cm³/mol. The summed E-state index contributed by atoms with van der Waals surface area (Å²) in [5.74, 6) is 0.123. The van der Waals surface area contributed by atoms with E-state index in [1.807, 2.05) is 6.07 Å². The van der Waals surface area contributed by atoms with Gasteiger partial charge in [0.15, 0.2) is 5.78 Å². The molecule has 1 aliphatic carbocycles. The van der Waals surface area contributed by atoms with Gasteiger partial charge < -0.3 is 5.32 Å². The fraction of sp³-hybridized carbons (Fsp3) is 0.174. The molecule has 0 aromatic heterocycles. The molecule has 1 N–H and O–H groups in total. The maximum atomic E-state index is 12.6. The zero-order valence-electron chi connectivity index (χ0n) is 14.6. The van der Waals surface area contributed by atoms with Gasteiger partial charge >= 0.3 is 0 Å². The van der Waals surface area contributed by atoms with Crippen molar-refractivity contribution in [2.75, 3.05) is 11.9 Å². The van der Waals surface area contributed by atoms with Gasteiger partial charge in [-0.05, 0) is 71.8 Å². The van der Waals surface area contributed by atoms with Crippen molar-refractivity contribution in [3.8, 4) is 11.1 Å². The second-order valence-corrected chi connectivity index (χ2v) is 6.86. The molecule has 0 unspecified atom stereocenters. The van der Waals surface area contributed by atoms with Crippen molar-refractivity contribution >= 4 is 11.5 Å². The van der Waals surface area contributed by atoms with Crippen molar-refractivity contribution in [1.82, 2.24) is 0 Å². The van der Waals surface area contributed by atoms with E-state index in [1.54, 1.807) is 0 Å². The Bertz CT molecular complexity index is 951. The zero-order valence-corrected chi connectivity index (χ0v) is 14.6. The lowest BCUT2D eigenvalue weighted by Gasteiger charge is -2.09. The summed E-state index contributed by atoms with van der Waals surface area (Å²) >= 11 is 0. The van der Waals surface area contributed by atoms with Gasteiger partial charge in [-0.3, -0.25) is 4.79 Å². The Hall–Kier alpha value is -2.87. The molecule has 0 saturated heterocycles. The first-order valence-corrected chi connectivity index (χ1v) is 8.67. The third-order valence-corrected chi connectivity index (χ3v) is 4.79.